The molecule has 4 rings (SSSR count). The molecule has 8 heteroatoms. The minimum absolute atomic E-state index is 0.0801. The van der Waals surface area contributed by atoms with Crippen LogP contribution in [-0.4, -0.2) is 72.6 Å². The molecule has 1 atom stereocenters. The van der Waals surface area contributed by atoms with E-state index in [0.29, 0.717) is 49.2 Å². The van der Waals surface area contributed by atoms with E-state index in [1.807, 2.05) is 6.92 Å². The van der Waals surface area contributed by atoms with E-state index < -0.39 is 17.7 Å². The van der Waals surface area contributed by atoms with Crippen molar-refractivity contribution in [3.8, 4) is 5.75 Å². The number of hydrogen-bond acceptors (Lipinski definition) is 6. The van der Waals surface area contributed by atoms with Crippen molar-refractivity contribution in [1.29, 1.82) is 0 Å². The molecule has 2 aliphatic rings. The Morgan fingerprint density at radius 2 is 1.74 bits per heavy atom. The van der Waals surface area contributed by atoms with Gasteiger partial charge in [0.15, 0.2) is 0 Å². The number of ketones is 1. The van der Waals surface area contributed by atoms with Crippen molar-refractivity contribution in [2.45, 2.75) is 19.4 Å². The summed E-state index contributed by atoms with van der Waals surface area (Å²) in [6.45, 7) is 6.45. The van der Waals surface area contributed by atoms with Gasteiger partial charge in [-0.3, -0.25) is 14.5 Å². The molecule has 0 spiro atoms. The molecule has 7 nitrogen and oxygen atoms in total. The lowest BCUT2D eigenvalue weighted by atomic mass is 9.95. The second-order valence-corrected chi connectivity index (χ2v) is 8.81. The van der Waals surface area contributed by atoms with Crippen LogP contribution in [0, 0.1) is 0 Å². The number of likely N-dealkylation sites (tertiary alicyclic amines) is 1. The number of morpholine rings is 1. The number of hydrogen-bond donors (Lipinski definition) is 1. The van der Waals surface area contributed by atoms with Crippen LogP contribution in [0.25, 0.3) is 5.76 Å². The van der Waals surface area contributed by atoms with E-state index >= 15 is 0 Å². The molecule has 2 fully saturated rings. The standard InChI is InChI=1S/C26H29ClN2O5/c1-2-15-34-21-9-5-19(6-10-21)24(30)22-23(18-3-7-20(27)8-4-18)29(26(32)25(22)31)12-11-28-13-16-33-17-14-28/h3-10,23,30H,2,11-17H2,1H3/b24-22+. The minimum Gasteiger partial charge on any atom is -0.507 e. The molecule has 2 aromatic rings. The summed E-state index contributed by atoms with van der Waals surface area (Å²) in [6.07, 6.45) is 0.886. The summed E-state index contributed by atoms with van der Waals surface area (Å²) in [4.78, 5) is 30.0. The molecule has 2 aliphatic heterocycles. The van der Waals surface area contributed by atoms with Crippen molar-refractivity contribution >= 4 is 29.1 Å². The fraction of sp³-hybridized carbons (Fsp3) is 0.385. The van der Waals surface area contributed by atoms with Gasteiger partial charge in [-0.25, -0.2) is 0 Å². The molecule has 34 heavy (non-hydrogen) atoms. The third-order valence-electron chi connectivity index (χ3n) is 6.09. The fourth-order valence-electron chi connectivity index (χ4n) is 4.26. The smallest absolute Gasteiger partial charge is 0.295 e. The van der Waals surface area contributed by atoms with Crippen LogP contribution < -0.4 is 4.74 Å². The zero-order valence-electron chi connectivity index (χ0n) is 19.2. The summed E-state index contributed by atoms with van der Waals surface area (Å²) in [5, 5.41) is 11.7. The lowest BCUT2D eigenvalue weighted by Crippen LogP contribution is -2.42. The van der Waals surface area contributed by atoms with E-state index in [4.69, 9.17) is 21.1 Å². The molecule has 1 N–H and O–H groups in total. The Hall–Kier alpha value is -2.87. The number of aliphatic hydroxyl groups is 1. The molecule has 2 heterocycles. The second-order valence-electron chi connectivity index (χ2n) is 8.37. The predicted octanol–water partition coefficient (Wildman–Crippen LogP) is 3.88. The quantitative estimate of drug-likeness (QED) is 0.348. The number of nitrogens with zero attached hydrogens (tertiary/aromatic N) is 2. The summed E-state index contributed by atoms with van der Waals surface area (Å²) in [5.74, 6) is -0.823. The molecule has 2 aromatic carbocycles. The van der Waals surface area contributed by atoms with Crippen molar-refractivity contribution in [2.24, 2.45) is 0 Å². The van der Waals surface area contributed by atoms with E-state index in [0.717, 1.165) is 25.1 Å². The highest BCUT2D eigenvalue weighted by atomic mass is 35.5. The summed E-state index contributed by atoms with van der Waals surface area (Å²) >= 11 is 6.08. The molecule has 0 aliphatic carbocycles. The van der Waals surface area contributed by atoms with Crippen LogP contribution in [0.1, 0.15) is 30.5 Å². The Labute approximate surface area is 204 Å². The third kappa shape index (κ3) is 5.27. The number of carbonyl (C=O) groups is 2. The first-order valence-electron chi connectivity index (χ1n) is 11.6. The summed E-state index contributed by atoms with van der Waals surface area (Å²) in [6, 6.07) is 13.2. The highest BCUT2D eigenvalue weighted by Crippen LogP contribution is 2.39. The Balaban J connectivity index is 1.67. The van der Waals surface area contributed by atoms with Gasteiger partial charge in [0.1, 0.15) is 11.5 Å². The summed E-state index contributed by atoms with van der Waals surface area (Å²) < 4.78 is 11.0. The van der Waals surface area contributed by atoms with Gasteiger partial charge in [-0.05, 0) is 48.4 Å². The van der Waals surface area contributed by atoms with Crippen molar-refractivity contribution in [3.63, 3.8) is 0 Å². The van der Waals surface area contributed by atoms with Gasteiger partial charge in [-0.1, -0.05) is 30.7 Å². The van der Waals surface area contributed by atoms with E-state index in [9.17, 15) is 14.7 Å². The Morgan fingerprint density at radius 1 is 1.06 bits per heavy atom. The first-order chi connectivity index (χ1) is 16.5. The number of ether oxygens (including phenoxy) is 2. The summed E-state index contributed by atoms with van der Waals surface area (Å²) in [7, 11) is 0. The maximum absolute atomic E-state index is 13.1. The summed E-state index contributed by atoms with van der Waals surface area (Å²) in [5.41, 5.74) is 1.25. The normalized spacial score (nSPS) is 20.6. The van der Waals surface area contributed by atoms with Gasteiger partial charge in [0.2, 0.25) is 0 Å². The van der Waals surface area contributed by atoms with Crippen molar-refractivity contribution in [2.75, 3.05) is 46.0 Å². The molecule has 2 saturated heterocycles. The number of halogens is 1. The first kappa shape index (κ1) is 24.3. The first-order valence-corrected chi connectivity index (χ1v) is 11.9. The molecule has 1 amide bonds. The lowest BCUT2D eigenvalue weighted by Gasteiger charge is -2.31. The maximum atomic E-state index is 13.1. The fourth-order valence-corrected chi connectivity index (χ4v) is 4.39. The number of aliphatic hydroxyl groups excluding tert-OH is 1. The van der Waals surface area contributed by atoms with Crippen LogP contribution in [0.5, 0.6) is 5.75 Å². The maximum Gasteiger partial charge on any atom is 0.295 e. The average molecular weight is 485 g/mol. The van der Waals surface area contributed by atoms with Gasteiger partial charge >= 0.3 is 0 Å². The van der Waals surface area contributed by atoms with Gasteiger partial charge < -0.3 is 19.5 Å². The molecular formula is C26H29ClN2O5. The Bertz CT molecular complexity index is 1050. The average Bonchev–Trinajstić information content (AvgIpc) is 3.12. The van der Waals surface area contributed by atoms with E-state index in [-0.39, 0.29) is 11.3 Å². The highest BCUT2D eigenvalue weighted by molar-refractivity contribution is 6.46. The van der Waals surface area contributed by atoms with Gasteiger partial charge in [-0.15, -0.1) is 0 Å². The number of amides is 1. The number of benzene rings is 2. The molecule has 1 unspecified atom stereocenters. The SMILES string of the molecule is CCCOc1ccc(/C(O)=C2\C(=O)C(=O)N(CCN3CCOCC3)C2c2ccc(Cl)cc2)cc1. The lowest BCUT2D eigenvalue weighted by molar-refractivity contribution is -0.140. The molecule has 0 radical (unpaired) electrons. The zero-order valence-corrected chi connectivity index (χ0v) is 20.0. The van der Waals surface area contributed by atoms with Crippen LogP contribution in [-0.2, 0) is 14.3 Å². The number of Topliss-reactive ketones (excluding diaryl/α,β-unsaturated/α-hetero) is 1. The minimum atomic E-state index is -0.700. The van der Waals surface area contributed by atoms with Crippen molar-refractivity contribution in [3.05, 3.63) is 70.3 Å². The zero-order chi connectivity index (χ0) is 24.1. The van der Waals surface area contributed by atoms with E-state index in [1.54, 1.807) is 53.4 Å². The number of rotatable bonds is 8. The Morgan fingerprint density at radius 3 is 2.38 bits per heavy atom. The predicted molar refractivity (Wildman–Crippen MR) is 130 cm³/mol. The second kappa shape index (κ2) is 11.0. The van der Waals surface area contributed by atoms with Gasteiger partial charge in [0, 0.05) is 36.8 Å². The number of carbonyl (C=O) groups excluding carboxylic acids is 2. The van der Waals surface area contributed by atoms with Crippen LogP contribution in [0.4, 0.5) is 0 Å². The van der Waals surface area contributed by atoms with Gasteiger partial charge in [0.25, 0.3) is 11.7 Å². The van der Waals surface area contributed by atoms with Crippen LogP contribution in [0.3, 0.4) is 0 Å². The topological polar surface area (TPSA) is 79.3 Å². The van der Waals surface area contributed by atoms with Crippen LogP contribution >= 0.6 is 11.6 Å². The molecule has 0 saturated carbocycles. The van der Waals surface area contributed by atoms with Crippen molar-refractivity contribution < 1.29 is 24.2 Å². The highest BCUT2D eigenvalue weighted by Gasteiger charge is 2.46. The van der Waals surface area contributed by atoms with Gasteiger partial charge in [-0.2, -0.15) is 0 Å². The third-order valence-corrected chi connectivity index (χ3v) is 6.34. The largest absolute Gasteiger partial charge is 0.507 e. The molecular weight excluding hydrogens is 456 g/mol. The van der Waals surface area contributed by atoms with Crippen molar-refractivity contribution in [1.82, 2.24) is 9.80 Å². The van der Waals surface area contributed by atoms with Crippen LogP contribution in [0.15, 0.2) is 54.1 Å². The Kier molecular flexibility index (Phi) is 7.88. The van der Waals surface area contributed by atoms with E-state index in [2.05, 4.69) is 4.90 Å². The molecule has 180 valence electrons. The molecule has 0 aromatic heterocycles. The van der Waals surface area contributed by atoms with Gasteiger partial charge in [0.05, 0.1) is 31.4 Å². The van der Waals surface area contributed by atoms with E-state index in [1.165, 1.54) is 0 Å². The monoisotopic (exact) mass is 484 g/mol. The van der Waals surface area contributed by atoms with Crippen LogP contribution in [0.2, 0.25) is 5.02 Å². The molecule has 0 bridgehead atoms.